The highest BCUT2D eigenvalue weighted by atomic mass is 79.9. The Balaban J connectivity index is 2.04. The molecular weight excluding hydrogens is 308 g/mol. The van der Waals surface area contributed by atoms with Crippen molar-refractivity contribution < 1.29 is 9.90 Å². The van der Waals surface area contributed by atoms with E-state index < -0.39 is 12.0 Å². The van der Waals surface area contributed by atoms with Crippen molar-refractivity contribution in [2.75, 3.05) is 24.5 Å². The number of halogens is 1. The standard InChI is InChI=1S/C14H19BrN2O2/c1-2-16-13(14(18)19)10-6-7-17(9-10)12-5-3-4-11(15)8-12/h3-5,8,10,13,16H,2,6-7,9H2,1H3,(H,18,19). The largest absolute Gasteiger partial charge is 0.480 e. The minimum Gasteiger partial charge on any atom is -0.480 e. The van der Waals surface area contributed by atoms with E-state index in [4.69, 9.17) is 0 Å². The molecule has 0 aromatic heterocycles. The predicted octanol–water partition coefficient (Wildman–Crippen LogP) is 2.34. The minimum atomic E-state index is -0.747. The Morgan fingerprint density at radius 1 is 1.63 bits per heavy atom. The number of nitrogens with one attached hydrogen (secondary N) is 1. The Bertz CT molecular complexity index is 453. The molecule has 2 unspecified atom stereocenters. The summed E-state index contributed by atoms with van der Waals surface area (Å²) in [7, 11) is 0. The second-order valence-electron chi connectivity index (χ2n) is 4.85. The van der Waals surface area contributed by atoms with E-state index in [0.717, 1.165) is 29.7 Å². The maximum absolute atomic E-state index is 11.3. The summed E-state index contributed by atoms with van der Waals surface area (Å²) in [6, 6.07) is 7.70. The highest BCUT2D eigenvalue weighted by molar-refractivity contribution is 9.10. The normalized spacial score (nSPS) is 20.5. The van der Waals surface area contributed by atoms with E-state index in [1.165, 1.54) is 0 Å². The first-order valence-corrected chi connectivity index (χ1v) is 7.37. The molecule has 0 amide bonds. The lowest BCUT2D eigenvalue weighted by Crippen LogP contribution is -2.43. The van der Waals surface area contributed by atoms with Crippen LogP contribution in [0.25, 0.3) is 0 Å². The molecule has 1 aliphatic heterocycles. The molecule has 0 radical (unpaired) electrons. The number of carbonyl (C=O) groups is 1. The van der Waals surface area contributed by atoms with Crippen molar-refractivity contribution in [1.29, 1.82) is 0 Å². The highest BCUT2D eigenvalue weighted by Crippen LogP contribution is 2.27. The average Bonchev–Trinajstić information content (AvgIpc) is 2.84. The Hall–Kier alpha value is -1.07. The molecular formula is C14H19BrN2O2. The van der Waals surface area contributed by atoms with E-state index in [9.17, 15) is 9.90 Å². The fraction of sp³-hybridized carbons (Fsp3) is 0.500. The summed E-state index contributed by atoms with van der Waals surface area (Å²) in [5, 5.41) is 12.3. The third-order valence-electron chi connectivity index (χ3n) is 3.56. The first-order chi connectivity index (χ1) is 9.11. The van der Waals surface area contributed by atoms with E-state index in [0.29, 0.717) is 6.54 Å². The molecule has 0 bridgehead atoms. The second-order valence-corrected chi connectivity index (χ2v) is 5.76. The van der Waals surface area contributed by atoms with Gasteiger partial charge in [-0.05, 0) is 31.2 Å². The van der Waals surface area contributed by atoms with Gasteiger partial charge in [-0.15, -0.1) is 0 Å². The molecule has 0 saturated carbocycles. The number of hydrogen-bond donors (Lipinski definition) is 2. The molecule has 1 aliphatic rings. The second kappa shape index (κ2) is 6.39. The van der Waals surface area contributed by atoms with Crippen molar-refractivity contribution in [3.05, 3.63) is 28.7 Å². The van der Waals surface area contributed by atoms with Crippen molar-refractivity contribution in [2.24, 2.45) is 5.92 Å². The van der Waals surface area contributed by atoms with Gasteiger partial charge in [0.1, 0.15) is 6.04 Å². The highest BCUT2D eigenvalue weighted by Gasteiger charge is 2.33. The van der Waals surface area contributed by atoms with Crippen LogP contribution in [0.1, 0.15) is 13.3 Å². The Morgan fingerprint density at radius 3 is 3.05 bits per heavy atom. The molecule has 4 nitrogen and oxygen atoms in total. The number of nitrogens with zero attached hydrogens (tertiary/aromatic N) is 1. The molecule has 1 fully saturated rings. The van der Waals surface area contributed by atoms with E-state index in [1.807, 2.05) is 19.1 Å². The van der Waals surface area contributed by atoms with Gasteiger partial charge in [0.2, 0.25) is 0 Å². The topological polar surface area (TPSA) is 52.6 Å². The summed E-state index contributed by atoms with van der Waals surface area (Å²) in [6.45, 7) is 4.33. The molecule has 0 spiro atoms. The first kappa shape index (κ1) is 14.3. The molecule has 2 atom stereocenters. The first-order valence-electron chi connectivity index (χ1n) is 6.58. The number of carboxylic acid groups (broad SMARTS) is 1. The predicted molar refractivity (Wildman–Crippen MR) is 79.6 cm³/mol. The molecule has 2 rings (SSSR count). The van der Waals surface area contributed by atoms with Gasteiger partial charge in [-0.25, -0.2) is 0 Å². The number of hydrogen-bond acceptors (Lipinski definition) is 3. The number of aliphatic carboxylic acids is 1. The van der Waals surface area contributed by atoms with Gasteiger partial charge >= 0.3 is 5.97 Å². The number of rotatable bonds is 5. The van der Waals surface area contributed by atoms with Crippen LogP contribution in [0.4, 0.5) is 5.69 Å². The zero-order valence-electron chi connectivity index (χ0n) is 11.0. The lowest BCUT2D eigenvalue weighted by Gasteiger charge is -2.22. The average molecular weight is 327 g/mol. The zero-order chi connectivity index (χ0) is 13.8. The summed E-state index contributed by atoms with van der Waals surface area (Å²) in [5.41, 5.74) is 1.15. The van der Waals surface area contributed by atoms with Crippen molar-refractivity contribution in [2.45, 2.75) is 19.4 Å². The van der Waals surface area contributed by atoms with Crippen LogP contribution in [-0.2, 0) is 4.79 Å². The van der Waals surface area contributed by atoms with Gasteiger partial charge < -0.3 is 15.3 Å². The third-order valence-corrected chi connectivity index (χ3v) is 4.05. The SMILES string of the molecule is CCNC(C(=O)O)C1CCN(c2cccc(Br)c2)C1. The van der Waals surface area contributed by atoms with Gasteiger partial charge in [0.25, 0.3) is 0 Å². The summed E-state index contributed by atoms with van der Waals surface area (Å²) < 4.78 is 1.05. The molecule has 2 N–H and O–H groups in total. The third kappa shape index (κ3) is 3.48. The Morgan fingerprint density at radius 2 is 2.42 bits per heavy atom. The van der Waals surface area contributed by atoms with Crippen LogP contribution in [0.3, 0.4) is 0 Å². The van der Waals surface area contributed by atoms with Gasteiger partial charge in [-0.1, -0.05) is 28.9 Å². The Labute approximate surface area is 121 Å². The maximum atomic E-state index is 11.3. The quantitative estimate of drug-likeness (QED) is 0.872. The van der Waals surface area contributed by atoms with Crippen LogP contribution in [0.2, 0.25) is 0 Å². The lowest BCUT2D eigenvalue weighted by molar-refractivity contribution is -0.140. The van der Waals surface area contributed by atoms with E-state index >= 15 is 0 Å². The van der Waals surface area contributed by atoms with Crippen LogP contribution in [0, 0.1) is 5.92 Å². The van der Waals surface area contributed by atoms with Crippen LogP contribution in [0.15, 0.2) is 28.7 Å². The van der Waals surface area contributed by atoms with Gasteiger partial charge in [-0.3, -0.25) is 4.79 Å². The van der Waals surface area contributed by atoms with Crippen molar-refractivity contribution >= 4 is 27.6 Å². The van der Waals surface area contributed by atoms with Crippen LogP contribution >= 0.6 is 15.9 Å². The summed E-state index contributed by atoms with van der Waals surface area (Å²) in [6.07, 6.45) is 0.913. The summed E-state index contributed by atoms with van der Waals surface area (Å²) in [4.78, 5) is 13.5. The van der Waals surface area contributed by atoms with Gasteiger partial charge in [0.05, 0.1) is 0 Å². The molecule has 1 aromatic rings. The van der Waals surface area contributed by atoms with Crippen LogP contribution < -0.4 is 10.2 Å². The molecule has 0 aliphatic carbocycles. The monoisotopic (exact) mass is 326 g/mol. The smallest absolute Gasteiger partial charge is 0.321 e. The van der Waals surface area contributed by atoms with Crippen LogP contribution in [0.5, 0.6) is 0 Å². The number of carboxylic acids is 1. The fourth-order valence-corrected chi connectivity index (χ4v) is 3.03. The van der Waals surface area contributed by atoms with Crippen molar-refractivity contribution in [1.82, 2.24) is 5.32 Å². The number of anilines is 1. The molecule has 19 heavy (non-hydrogen) atoms. The van der Waals surface area contributed by atoms with Gasteiger partial charge in [-0.2, -0.15) is 0 Å². The molecule has 1 heterocycles. The zero-order valence-corrected chi connectivity index (χ0v) is 12.6. The molecule has 5 heteroatoms. The van der Waals surface area contributed by atoms with E-state index in [2.05, 4.69) is 38.3 Å². The van der Waals surface area contributed by atoms with Crippen molar-refractivity contribution in [3.63, 3.8) is 0 Å². The Kier molecular flexibility index (Phi) is 4.82. The van der Waals surface area contributed by atoms with Gasteiger partial charge in [0.15, 0.2) is 0 Å². The molecule has 1 aromatic carbocycles. The molecule has 1 saturated heterocycles. The van der Waals surface area contributed by atoms with E-state index in [-0.39, 0.29) is 5.92 Å². The molecule has 104 valence electrons. The lowest BCUT2D eigenvalue weighted by atomic mass is 9.99. The summed E-state index contributed by atoms with van der Waals surface area (Å²) in [5.74, 6) is -0.584. The van der Waals surface area contributed by atoms with Crippen LogP contribution in [-0.4, -0.2) is 36.8 Å². The maximum Gasteiger partial charge on any atom is 0.321 e. The fourth-order valence-electron chi connectivity index (χ4n) is 2.64. The van der Waals surface area contributed by atoms with Gasteiger partial charge in [0, 0.05) is 29.2 Å². The van der Waals surface area contributed by atoms with Crippen molar-refractivity contribution in [3.8, 4) is 0 Å². The summed E-state index contributed by atoms with van der Waals surface area (Å²) >= 11 is 3.47. The number of benzene rings is 1. The minimum absolute atomic E-state index is 0.163. The number of likely N-dealkylation sites (N-methyl/N-ethyl adjacent to an activating group) is 1. The van der Waals surface area contributed by atoms with E-state index in [1.54, 1.807) is 0 Å².